The lowest BCUT2D eigenvalue weighted by atomic mass is 9.86. The van der Waals surface area contributed by atoms with E-state index >= 15 is 0 Å². The zero-order valence-electron chi connectivity index (χ0n) is 18.2. The number of amides is 3. The van der Waals surface area contributed by atoms with Crippen molar-refractivity contribution in [1.29, 1.82) is 0 Å². The third-order valence-corrected chi connectivity index (χ3v) is 5.09. The van der Waals surface area contributed by atoms with Gasteiger partial charge in [-0.25, -0.2) is 4.79 Å². The number of hydrogen-bond acceptors (Lipinski definition) is 2. The molecule has 31 heavy (non-hydrogen) atoms. The molecular formula is C26H29N3O2. The van der Waals surface area contributed by atoms with Gasteiger partial charge in [0.2, 0.25) is 5.91 Å². The normalized spacial score (nSPS) is 11.1. The molecule has 5 nitrogen and oxygen atoms in total. The lowest BCUT2D eigenvalue weighted by molar-refractivity contribution is -0.116. The lowest BCUT2D eigenvalue weighted by Crippen LogP contribution is -2.19. The van der Waals surface area contributed by atoms with Crippen molar-refractivity contribution in [3.63, 3.8) is 0 Å². The van der Waals surface area contributed by atoms with Crippen molar-refractivity contribution in [1.82, 2.24) is 0 Å². The molecule has 0 bridgehead atoms. The van der Waals surface area contributed by atoms with Crippen LogP contribution < -0.4 is 16.4 Å². The molecule has 3 aromatic rings. The van der Waals surface area contributed by atoms with Crippen LogP contribution in [0.3, 0.4) is 0 Å². The molecule has 0 radical (unpaired) electrons. The predicted molar refractivity (Wildman–Crippen MR) is 127 cm³/mol. The molecule has 160 valence electrons. The molecule has 0 fully saturated rings. The summed E-state index contributed by atoms with van der Waals surface area (Å²) in [6, 6.07) is 22.9. The molecule has 3 rings (SSSR count). The molecule has 0 unspecified atom stereocenters. The molecule has 0 aliphatic rings. The van der Waals surface area contributed by atoms with E-state index in [0.29, 0.717) is 18.5 Å². The highest BCUT2D eigenvalue weighted by Crippen LogP contribution is 2.25. The van der Waals surface area contributed by atoms with Gasteiger partial charge >= 0.3 is 6.03 Å². The minimum absolute atomic E-state index is 0.0136. The Kier molecular flexibility index (Phi) is 6.75. The number of primary amides is 1. The molecule has 0 saturated heterocycles. The Labute approximate surface area is 183 Å². The molecule has 0 aromatic heterocycles. The van der Waals surface area contributed by atoms with Gasteiger partial charge in [0.25, 0.3) is 0 Å². The summed E-state index contributed by atoms with van der Waals surface area (Å²) in [6.45, 7) is 6.57. The van der Waals surface area contributed by atoms with E-state index in [0.717, 1.165) is 22.4 Å². The maximum absolute atomic E-state index is 12.4. The van der Waals surface area contributed by atoms with Crippen LogP contribution in [0.5, 0.6) is 0 Å². The second-order valence-electron chi connectivity index (χ2n) is 8.64. The predicted octanol–water partition coefficient (Wildman–Crippen LogP) is 5.71. The van der Waals surface area contributed by atoms with Crippen LogP contribution in [0.1, 0.15) is 38.3 Å². The van der Waals surface area contributed by atoms with Gasteiger partial charge in [0.15, 0.2) is 0 Å². The second-order valence-corrected chi connectivity index (χ2v) is 8.64. The van der Waals surface area contributed by atoms with Gasteiger partial charge in [-0.1, -0.05) is 69.3 Å². The zero-order chi connectivity index (χ0) is 22.4. The average Bonchev–Trinajstić information content (AvgIpc) is 2.72. The molecule has 3 amide bonds. The summed E-state index contributed by atoms with van der Waals surface area (Å²) >= 11 is 0. The number of nitrogens with one attached hydrogen (secondary N) is 2. The fraction of sp³-hybridized carbons (Fsp3) is 0.231. The minimum atomic E-state index is -0.597. The fourth-order valence-corrected chi connectivity index (χ4v) is 3.32. The fourth-order valence-electron chi connectivity index (χ4n) is 3.32. The molecule has 0 atom stereocenters. The number of aryl methyl sites for hydroxylation is 1. The van der Waals surface area contributed by atoms with Gasteiger partial charge < -0.3 is 16.4 Å². The van der Waals surface area contributed by atoms with Gasteiger partial charge in [-0.05, 0) is 58.4 Å². The smallest absolute Gasteiger partial charge is 0.316 e. The van der Waals surface area contributed by atoms with E-state index in [1.165, 1.54) is 5.56 Å². The second kappa shape index (κ2) is 9.47. The zero-order valence-corrected chi connectivity index (χ0v) is 18.2. The van der Waals surface area contributed by atoms with Gasteiger partial charge in [0.05, 0.1) is 0 Å². The Hall–Kier alpha value is -3.60. The molecule has 3 aromatic carbocycles. The Morgan fingerprint density at radius 3 is 2.10 bits per heavy atom. The number of benzene rings is 3. The molecular weight excluding hydrogens is 386 g/mol. The van der Waals surface area contributed by atoms with Gasteiger partial charge in [0.1, 0.15) is 0 Å². The van der Waals surface area contributed by atoms with Gasteiger partial charge in [-0.2, -0.15) is 0 Å². The average molecular weight is 416 g/mol. The van der Waals surface area contributed by atoms with Crippen molar-refractivity contribution >= 4 is 23.3 Å². The highest BCUT2D eigenvalue weighted by atomic mass is 16.2. The van der Waals surface area contributed by atoms with E-state index in [1.807, 2.05) is 42.5 Å². The molecule has 0 spiro atoms. The van der Waals surface area contributed by atoms with Crippen molar-refractivity contribution in [2.24, 2.45) is 5.73 Å². The van der Waals surface area contributed by atoms with Gasteiger partial charge in [0, 0.05) is 17.8 Å². The first-order valence-corrected chi connectivity index (χ1v) is 10.4. The van der Waals surface area contributed by atoms with E-state index in [9.17, 15) is 9.59 Å². The molecule has 5 heteroatoms. The Morgan fingerprint density at radius 2 is 1.48 bits per heavy atom. The minimum Gasteiger partial charge on any atom is -0.351 e. The first-order valence-electron chi connectivity index (χ1n) is 10.4. The quantitative estimate of drug-likeness (QED) is 0.481. The first-order chi connectivity index (χ1) is 14.7. The van der Waals surface area contributed by atoms with Crippen LogP contribution in [0.15, 0.2) is 72.8 Å². The van der Waals surface area contributed by atoms with E-state index in [4.69, 9.17) is 5.73 Å². The Balaban J connectivity index is 1.56. The molecule has 0 heterocycles. The number of urea groups is 1. The number of nitrogens with two attached hydrogens (primary N) is 1. The van der Waals surface area contributed by atoms with Crippen molar-refractivity contribution in [3.8, 4) is 11.1 Å². The number of rotatable bonds is 6. The number of hydrogen-bond donors (Lipinski definition) is 3. The summed E-state index contributed by atoms with van der Waals surface area (Å²) < 4.78 is 0. The Bertz CT molecular complexity index is 1050. The SMILES string of the molecule is CC(C)(C)c1ccc(CCC(=O)Nc2ccc(-c3cccc(NC(N)=O)c3)cc2)cc1. The molecule has 0 aliphatic carbocycles. The molecule has 4 N–H and O–H groups in total. The van der Waals surface area contributed by atoms with E-state index < -0.39 is 6.03 Å². The molecule has 0 aliphatic heterocycles. The highest BCUT2D eigenvalue weighted by molar-refractivity contribution is 5.91. The van der Waals surface area contributed by atoms with Crippen molar-refractivity contribution < 1.29 is 9.59 Å². The highest BCUT2D eigenvalue weighted by Gasteiger charge is 2.13. The number of anilines is 2. The monoisotopic (exact) mass is 415 g/mol. The van der Waals surface area contributed by atoms with Gasteiger partial charge in [-0.3, -0.25) is 4.79 Å². The van der Waals surface area contributed by atoms with Crippen LogP contribution in [0.4, 0.5) is 16.2 Å². The van der Waals surface area contributed by atoms with E-state index in [2.05, 4.69) is 55.7 Å². The largest absolute Gasteiger partial charge is 0.351 e. The van der Waals surface area contributed by atoms with Crippen LogP contribution in [0.2, 0.25) is 0 Å². The van der Waals surface area contributed by atoms with E-state index in [-0.39, 0.29) is 11.3 Å². The van der Waals surface area contributed by atoms with E-state index in [1.54, 1.807) is 6.07 Å². The van der Waals surface area contributed by atoms with Crippen molar-refractivity contribution in [2.75, 3.05) is 10.6 Å². The van der Waals surface area contributed by atoms with Crippen molar-refractivity contribution in [2.45, 2.75) is 39.0 Å². The van der Waals surface area contributed by atoms with Crippen LogP contribution in [0, 0.1) is 0 Å². The standard InChI is InChI=1S/C26H29N3O2/c1-26(2,3)21-12-7-18(8-13-21)9-16-24(30)28-22-14-10-19(11-15-22)20-5-4-6-23(17-20)29-25(27)31/h4-8,10-15,17H,9,16H2,1-3H3,(H,28,30)(H3,27,29,31). The summed E-state index contributed by atoms with van der Waals surface area (Å²) in [5.74, 6) is -0.0136. The van der Waals surface area contributed by atoms with Crippen LogP contribution in [0.25, 0.3) is 11.1 Å². The summed E-state index contributed by atoms with van der Waals surface area (Å²) in [5, 5.41) is 5.52. The van der Waals surface area contributed by atoms with Crippen LogP contribution in [-0.2, 0) is 16.6 Å². The Morgan fingerprint density at radius 1 is 0.806 bits per heavy atom. The third-order valence-electron chi connectivity index (χ3n) is 5.09. The lowest BCUT2D eigenvalue weighted by Gasteiger charge is -2.19. The van der Waals surface area contributed by atoms with Crippen molar-refractivity contribution in [3.05, 3.63) is 83.9 Å². The summed E-state index contributed by atoms with van der Waals surface area (Å²) in [7, 11) is 0. The summed E-state index contributed by atoms with van der Waals surface area (Å²) in [6.07, 6.45) is 1.13. The summed E-state index contributed by atoms with van der Waals surface area (Å²) in [5.41, 5.74) is 11.1. The number of carbonyl (C=O) groups is 2. The first kappa shape index (κ1) is 22.1. The molecule has 0 saturated carbocycles. The summed E-state index contributed by atoms with van der Waals surface area (Å²) in [4.78, 5) is 23.4. The van der Waals surface area contributed by atoms with Crippen LogP contribution in [-0.4, -0.2) is 11.9 Å². The third kappa shape index (κ3) is 6.44. The van der Waals surface area contributed by atoms with Gasteiger partial charge in [-0.15, -0.1) is 0 Å². The maximum atomic E-state index is 12.4. The topological polar surface area (TPSA) is 84.2 Å². The number of carbonyl (C=O) groups excluding carboxylic acids is 2. The van der Waals surface area contributed by atoms with Crippen LogP contribution >= 0.6 is 0 Å². The maximum Gasteiger partial charge on any atom is 0.316 e.